The van der Waals surface area contributed by atoms with Gasteiger partial charge in [-0.05, 0) is 42.7 Å². The summed E-state index contributed by atoms with van der Waals surface area (Å²) in [5.41, 5.74) is 0.974. The van der Waals surface area contributed by atoms with Gasteiger partial charge in [0.05, 0.1) is 12.7 Å². The maximum absolute atomic E-state index is 12.5. The van der Waals surface area contributed by atoms with Crippen LogP contribution in [0.15, 0.2) is 51.5 Å². The maximum atomic E-state index is 12.5. The molecule has 1 amide bonds. The Hall–Kier alpha value is -2.60. The van der Waals surface area contributed by atoms with E-state index in [0.29, 0.717) is 42.1 Å². The lowest BCUT2D eigenvalue weighted by molar-refractivity contribution is -0.131. The first-order chi connectivity index (χ1) is 12.7. The fourth-order valence-corrected chi connectivity index (χ4v) is 3.29. The molecule has 0 bridgehead atoms. The van der Waals surface area contributed by atoms with Crippen LogP contribution in [0, 0.1) is 0 Å². The Bertz CT molecular complexity index is 866. The van der Waals surface area contributed by atoms with E-state index >= 15 is 0 Å². The quantitative estimate of drug-likeness (QED) is 0.694. The van der Waals surface area contributed by atoms with Crippen LogP contribution in [-0.2, 0) is 11.2 Å². The van der Waals surface area contributed by atoms with Gasteiger partial charge < -0.3 is 13.7 Å². The number of halogens is 1. The molecule has 0 N–H and O–H groups in total. The summed E-state index contributed by atoms with van der Waals surface area (Å²) in [5, 5.41) is 8.87. The summed E-state index contributed by atoms with van der Waals surface area (Å²) in [5.74, 6) is 1.88. The molecule has 0 spiro atoms. The Morgan fingerprint density at radius 1 is 1.15 bits per heavy atom. The highest BCUT2D eigenvalue weighted by Crippen LogP contribution is 2.29. The van der Waals surface area contributed by atoms with Crippen LogP contribution in [0.1, 0.15) is 30.2 Å². The minimum absolute atomic E-state index is 0.132. The van der Waals surface area contributed by atoms with Gasteiger partial charge >= 0.3 is 0 Å². The predicted octanol–water partition coefficient (Wildman–Crippen LogP) is 3.93. The number of amides is 1. The third kappa shape index (κ3) is 3.65. The van der Waals surface area contributed by atoms with Gasteiger partial charge in [0.25, 0.3) is 5.89 Å². The minimum atomic E-state index is 0.132. The van der Waals surface area contributed by atoms with Crippen molar-refractivity contribution in [2.75, 3.05) is 13.1 Å². The van der Waals surface area contributed by atoms with Crippen molar-refractivity contribution in [1.82, 2.24) is 15.1 Å². The maximum Gasteiger partial charge on any atom is 0.283 e. The molecule has 4 rings (SSSR count). The molecule has 1 aliphatic heterocycles. The smallest absolute Gasteiger partial charge is 0.283 e. The Morgan fingerprint density at radius 2 is 1.92 bits per heavy atom. The number of furan rings is 1. The van der Waals surface area contributed by atoms with Crippen molar-refractivity contribution in [3.8, 4) is 11.7 Å². The first kappa shape index (κ1) is 16.8. The molecule has 1 saturated heterocycles. The lowest BCUT2D eigenvalue weighted by Gasteiger charge is -2.30. The van der Waals surface area contributed by atoms with Gasteiger partial charge in [0.1, 0.15) is 0 Å². The Labute approximate surface area is 155 Å². The molecule has 0 unspecified atom stereocenters. The molecule has 26 heavy (non-hydrogen) atoms. The molecule has 2 aromatic heterocycles. The fraction of sp³-hybridized carbons (Fsp3) is 0.316. The summed E-state index contributed by atoms with van der Waals surface area (Å²) in [6.45, 7) is 1.38. The number of rotatable bonds is 4. The molecule has 0 radical (unpaired) electrons. The van der Waals surface area contributed by atoms with E-state index in [1.54, 1.807) is 18.4 Å². The van der Waals surface area contributed by atoms with Crippen molar-refractivity contribution in [3.05, 3.63) is 59.1 Å². The SMILES string of the molecule is O=C(Cc1ccc(Cl)cc1)N1CCC(c2nnc(-c3ccco3)o2)CC1. The normalized spacial score (nSPS) is 15.3. The molecule has 1 aliphatic rings. The minimum Gasteiger partial charge on any atom is -0.459 e. The summed E-state index contributed by atoms with van der Waals surface area (Å²) in [4.78, 5) is 14.4. The molecular formula is C19H18ClN3O3. The largest absolute Gasteiger partial charge is 0.459 e. The van der Waals surface area contributed by atoms with Gasteiger partial charge in [0.15, 0.2) is 5.76 Å². The summed E-state index contributed by atoms with van der Waals surface area (Å²) < 4.78 is 11.0. The highest BCUT2D eigenvalue weighted by molar-refractivity contribution is 6.30. The van der Waals surface area contributed by atoms with Crippen LogP contribution >= 0.6 is 11.6 Å². The molecule has 1 aromatic carbocycles. The van der Waals surface area contributed by atoms with Crippen molar-refractivity contribution in [2.24, 2.45) is 0 Å². The van der Waals surface area contributed by atoms with Gasteiger partial charge in [0, 0.05) is 24.0 Å². The van der Waals surface area contributed by atoms with Crippen LogP contribution in [0.4, 0.5) is 0 Å². The monoisotopic (exact) mass is 371 g/mol. The molecule has 134 valence electrons. The van der Waals surface area contributed by atoms with Crippen molar-refractivity contribution in [2.45, 2.75) is 25.2 Å². The lowest BCUT2D eigenvalue weighted by Crippen LogP contribution is -2.38. The van der Waals surface area contributed by atoms with Crippen LogP contribution in [0.2, 0.25) is 5.02 Å². The lowest BCUT2D eigenvalue weighted by atomic mass is 9.96. The summed E-state index contributed by atoms with van der Waals surface area (Å²) in [6.07, 6.45) is 3.59. The number of benzene rings is 1. The summed E-state index contributed by atoms with van der Waals surface area (Å²) in [6, 6.07) is 11.0. The zero-order valence-electron chi connectivity index (χ0n) is 14.1. The molecule has 6 nitrogen and oxygen atoms in total. The van der Waals surface area contributed by atoms with Crippen LogP contribution in [0.3, 0.4) is 0 Å². The third-order valence-corrected chi connectivity index (χ3v) is 4.89. The van der Waals surface area contributed by atoms with Gasteiger partial charge in [-0.25, -0.2) is 0 Å². The topological polar surface area (TPSA) is 72.4 Å². The number of aromatic nitrogens is 2. The zero-order valence-corrected chi connectivity index (χ0v) is 14.9. The molecular weight excluding hydrogens is 354 g/mol. The van der Waals surface area contributed by atoms with Crippen molar-refractivity contribution >= 4 is 17.5 Å². The summed E-state index contributed by atoms with van der Waals surface area (Å²) >= 11 is 5.88. The molecule has 3 heterocycles. The molecule has 1 fully saturated rings. The zero-order chi connectivity index (χ0) is 17.9. The fourth-order valence-electron chi connectivity index (χ4n) is 3.16. The number of hydrogen-bond acceptors (Lipinski definition) is 5. The van der Waals surface area contributed by atoms with Crippen LogP contribution in [-0.4, -0.2) is 34.1 Å². The van der Waals surface area contributed by atoms with E-state index in [1.165, 1.54) is 0 Å². The van der Waals surface area contributed by atoms with Gasteiger partial charge in [-0.15, -0.1) is 10.2 Å². The number of piperidine rings is 1. The van der Waals surface area contributed by atoms with E-state index in [-0.39, 0.29) is 11.8 Å². The first-order valence-electron chi connectivity index (χ1n) is 8.58. The van der Waals surface area contributed by atoms with E-state index in [9.17, 15) is 4.79 Å². The van der Waals surface area contributed by atoms with Crippen LogP contribution < -0.4 is 0 Å². The van der Waals surface area contributed by atoms with E-state index in [0.717, 1.165) is 18.4 Å². The van der Waals surface area contributed by atoms with E-state index < -0.39 is 0 Å². The number of nitrogens with zero attached hydrogens (tertiary/aromatic N) is 3. The van der Waals surface area contributed by atoms with Gasteiger partial charge in [-0.1, -0.05) is 23.7 Å². The van der Waals surface area contributed by atoms with Crippen LogP contribution in [0.5, 0.6) is 0 Å². The Balaban J connectivity index is 1.33. The number of carbonyl (C=O) groups is 1. The second kappa shape index (κ2) is 7.33. The standard InChI is InChI=1S/C19H18ClN3O3/c20-15-5-3-13(4-6-15)12-17(24)23-9-7-14(8-10-23)18-21-22-19(26-18)16-2-1-11-25-16/h1-6,11,14H,7-10,12H2. The van der Waals surface area contributed by atoms with E-state index in [2.05, 4.69) is 10.2 Å². The van der Waals surface area contributed by atoms with Crippen molar-refractivity contribution in [3.63, 3.8) is 0 Å². The third-order valence-electron chi connectivity index (χ3n) is 4.64. The van der Waals surface area contributed by atoms with Crippen LogP contribution in [0.25, 0.3) is 11.7 Å². The van der Waals surface area contributed by atoms with Gasteiger partial charge in [-0.2, -0.15) is 0 Å². The average Bonchev–Trinajstić information content (AvgIpc) is 3.35. The second-order valence-corrected chi connectivity index (χ2v) is 6.82. The number of carbonyl (C=O) groups excluding carboxylic acids is 1. The molecule has 0 atom stereocenters. The predicted molar refractivity (Wildman–Crippen MR) is 95.7 cm³/mol. The Morgan fingerprint density at radius 3 is 2.62 bits per heavy atom. The van der Waals surface area contributed by atoms with Crippen molar-refractivity contribution < 1.29 is 13.6 Å². The number of likely N-dealkylation sites (tertiary alicyclic amines) is 1. The Kier molecular flexibility index (Phi) is 4.75. The molecule has 0 aliphatic carbocycles. The van der Waals surface area contributed by atoms with E-state index in [1.807, 2.05) is 29.2 Å². The highest BCUT2D eigenvalue weighted by Gasteiger charge is 2.27. The van der Waals surface area contributed by atoms with Gasteiger partial charge in [0.2, 0.25) is 11.8 Å². The number of hydrogen-bond donors (Lipinski definition) is 0. The molecule has 0 saturated carbocycles. The van der Waals surface area contributed by atoms with Crippen molar-refractivity contribution in [1.29, 1.82) is 0 Å². The first-order valence-corrected chi connectivity index (χ1v) is 8.96. The summed E-state index contributed by atoms with van der Waals surface area (Å²) in [7, 11) is 0. The highest BCUT2D eigenvalue weighted by atomic mass is 35.5. The average molecular weight is 372 g/mol. The van der Waals surface area contributed by atoms with Gasteiger partial charge in [-0.3, -0.25) is 4.79 Å². The molecule has 7 heteroatoms. The second-order valence-electron chi connectivity index (χ2n) is 6.38. The van der Waals surface area contributed by atoms with E-state index in [4.69, 9.17) is 20.4 Å². The molecule has 3 aromatic rings.